The first-order valence-corrected chi connectivity index (χ1v) is 33.1. The zero-order valence-electron chi connectivity index (χ0n) is 50.3. The highest BCUT2D eigenvalue weighted by molar-refractivity contribution is 5.71. The Hall–Kier alpha value is -2.63. The number of rotatable bonds is 61. The Morgan fingerprint density at radius 2 is 0.520 bits per heavy atom. The van der Waals surface area contributed by atoms with Crippen molar-refractivity contribution in [1.29, 1.82) is 0 Å². The van der Waals surface area contributed by atoms with Crippen LogP contribution < -0.4 is 0 Å². The van der Waals surface area contributed by atoms with Crippen molar-refractivity contribution in [3.8, 4) is 0 Å². The van der Waals surface area contributed by atoms with Crippen LogP contribution in [0, 0.1) is 0 Å². The number of ether oxygens (including phenoxy) is 3. The van der Waals surface area contributed by atoms with Gasteiger partial charge >= 0.3 is 17.9 Å². The van der Waals surface area contributed by atoms with Crippen molar-refractivity contribution >= 4 is 17.9 Å². The second-order valence-electron chi connectivity index (χ2n) is 22.4. The Bertz CT molecular complexity index is 1300. The van der Waals surface area contributed by atoms with Gasteiger partial charge in [0.05, 0.1) is 0 Å². The topological polar surface area (TPSA) is 78.9 Å². The molecule has 0 aromatic rings. The molecule has 0 saturated heterocycles. The number of carbonyl (C=O) groups excluding carboxylic acids is 3. The molecule has 0 aromatic heterocycles. The molecule has 1 unspecified atom stereocenters. The second-order valence-corrected chi connectivity index (χ2v) is 22.4. The lowest BCUT2D eigenvalue weighted by atomic mass is 10.0. The van der Waals surface area contributed by atoms with Crippen LogP contribution in [-0.4, -0.2) is 37.2 Å². The van der Waals surface area contributed by atoms with Crippen molar-refractivity contribution < 1.29 is 28.6 Å². The van der Waals surface area contributed by atoms with E-state index < -0.39 is 6.10 Å². The third-order valence-electron chi connectivity index (χ3n) is 14.8. The fourth-order valence-electron chi connectivity index (χ4n) is 9.91. The smallest absolute Gasteiger partial charge is 0.306 e. The molecule has 0 spiro atoms. The van der Waals surface area contributed by atoms with Gasteiger partial charge in [0.1, 0.15) is 13.2 Å². The van der Waals surface area contributed by atoms with Gasteiger partial charge in [-0.2, -0.15) is 0 Å². The van der Waals surface area contributed by atoms with E-state index in [1.165, 1.54) is 218 Å². The zero-order chi connectivity index (χ0) is 54.3. The lowest BCUT2D eigenvalue weighted by Crippen LogP contribution is -2.30. The highest BCUT2D eigenvalue weighted by Crippen LogP contribution is 2.18. The molecule has 75 heavy (non-hydrogen) atoms. The summed E-state index contributed by atoms with van der Waals surface area (Å²) in [5.74, 6) is -0.887. The van der Waals surface area contributed by atoms with Crippen LogP contribution in [0.25, 0.3) is 0 Å². The Morgan fingerprint density at radius 3 is 0.813 bits per heavy atom. The molecular formula is C69H126O6. The van der Waals surface area contributed by atoms with E-state index in [0.717, 1.165) is 96.3 Å². The summed E-state index contributed by atoms with van der Waals surface area (Å²) in [6, 6.07) is 0. The molecular weight excluding hydrogens is 925 g/mol. The number of carbonyl (C=O) groups is 3. The van der Waals surface area contributed by atoms with Gasteiger partial charge in [0.25, 0.3) is 0 Å². The molecule has 0 rings (SSSR count). The van der Waals surface area contributed by atoms with Crippen LogP contribution in [0.5, 0.6) is 0 Å². The summed E-state index contributed by atoms with van der Waals surface area (Å²) in [6.07, 6.45) is 80.2. The Morgan fingerprint density at radius 1 is 0.280 bits per heavy atom. The molecule has 0 aromatic carbocycles. The lowest BCUT2D eigenvalue weighted by Gasteiger charge is -2.18. The van der Waals surface area contributed by atoms with E-state index in [1.54, 1.807) is 0 Å². The summed E-state index contributed by atoms with van der Waals surface area (Å²) in [4.78, 5) is 38.1. The maximum atomic E-state index is 12.8. The summed E-state index contributed by atoms with van der Waals surface area (Å²) in [5, 5.41) is 0. The number of unbranched alkanes of at least 4 members (excludes halogenated alkanes) is 42. The average Bonchev–Trinajstić information content (AvgIpc) is 3.41. The van der Waals surface area contributed by atoms with Gasteiger partial charge in [0, 0.05) is 19.3 Å². The Balaban J connectivity index is 4.07. The molecule has 438 valence electrons. The molecule has 0 aliphatic carbocycles. The maximum Gasteiger partial charge on any atom is 0.306 e. The maximum absolute atomic E-state index is 12.8. The molecule has 6 heteroatoms. The Kier molecular flexibility index (Phi) is 61.7. The molecule has 1 atom stereocenters. The molecule has 0 fully saturated rings. The average molecular weight is 1050 g/mol. The van der Waals surface area contributed by atoms with Gasteiger partial charge in [0.15, 0.2) is 6.10 Å². The molecule has 0 saturated carbocycles. The summed E-state index contributed by atoms with van der Waals surface area (Å²) in [6.45, 7) is 6.54. The van der Waals surface area contributed by atoms with Gasteiger partial charge in [-0.3, -0.25) is 14.4 Å². The fraction of sp³-hybridized carbons (Fsp3) is 0.841. The molecule has 0 aliphatic heterocycles. The van der Waals surface area contributed by atoms with Gasteiger partial charge in [0.2, 0.25) is 0 Å². The largest absolute Gasteiger partial charge is 0.462 e. The monoisotopic (exact) mass is 1050 g/mol. The van der Waals surface area contributed by atoms with E-state index in [-0.39, 0.29) is 31.1 Å². The van der Waals surface area contributed by atoms with Gasteiger partial charge in [-0.25, -0.2) is 0 Å². The van der Waals surface area contributed by atoms with Crippen LogP contribution in [0.3, 0.4) is 0 Å². The van der Waals surface area contributed by atoms with Gasteiger partial charge in [-0.15, -0.1) is 0 Å². The van der Waals surface area contributed by atoms with E-state index in [4.69, 9.17) is 14.2 Å². The number of hydrogen-bond acceptors (Lipinski definition) is 6. The van der Waals surface area contributed by atoms with Gasteiger partial charge in [-0.1, -0.05) is 326 Å². The summed E-state index contributed by atoms with van der Waals surface area (Å²) in [5.41, 5.74) is 0. The first-order chi connectivity index (χ1) is 37.0. The third-order valence-corrected chi connectivity index (χ3v) is 14.8. The lowest BCUT2D eigenvalue weighted by molar-refractivity contribution is -0.167. The summed E-state index contributed by atoms with van der Waals surface area (Å²) in [7, 11) is 0. The molecule has 0 N–H and O–H groups in total. The predicted molar refractivity (Wildman–Crippen MR) is 325 cm³/mol. The number of allylic oxidation sites excluding steroid dienone is 8. The molecule has 0 radical (unpaired) electrons. The quantitative estimate of drug-likeness (QED) is 0.0261. The molecule has 0 amide bonds. The van der Waals surface area contributed by atoms with Crippen molar-refractivity contribution in [2.24, 2.45) is 0 Å². The van der Waals surface area contributed by atoms with Crippen LogP contribution in [-0.2, 0) is 28.6 Å². The van der Waals surface area contributed by atoms with Crippen LogP contribution in [0.15, 0.2) is 48.6 Å². The van der Waals surface area contributed by atoms with E-state index in [1.807, 2.05) is 0 Å². The van der Waals surface area contributed by atoms with Crippen molar-refractivity contribution in [3.63, 3.8) is 0 Å². The van der Waals surface area contributed by atoms with Crippen LogP contribution >= 0.6 is 0 Å². The van der Waals surface area contributed by atoms with E-state index in [9.17, 15) is 14.4 Å². The molecule has 0 bridgehead atoms. The highest BCUT2D eigenvalue weighted by Gasteiger charge is 2.19. The first-order valence-electron chi connectivity index (χ1n) is 33.1. The second kappa shape index (κ2) is 63.9. The molecule has 0 aliphatic rings. The van der Waals surface area contributed by atoms with Crippen LogP contribution in [0.2, 0.25) is 0 Å². The van der Waals surface area contributed by atoms with Crippen molar-refractivity contribution in [1.82, 2.24) is 0 Å². The first kappa shape index (κ1) is 72.4. The van der Waals surface area contributed by atoms with Crippen LogP contribution in [0.4, 0.5) is 0 Å². The normalized spacial score (nSPS) is 12.3. The summed E-state index contributed by atoms with van der Waals surface area (Å²) < 4.78 is 16.9. The summed E-state index contributed by atoms with van der Waals surface area (Å²) >= 11 is 0. The predicted octanol–water partition coefficient (Wildman–Crippen LogP) is 22.6. The van der Waals surface area contributed by atoms with E-state index in [2.05, 4.69) is 69.4 Å². The van der Waals surface area contributed by atoms with Crippen LogP contribution in [0.1, 0.15) is 355 Å². The standard InChI is InChI=1S/C69H126O6/c1-4-7-10-13-16-19-21-23-25-27-28-29-30-31-32-33-34-35-36-37-38-39-40-42-43-45-47-50-53-56-59-62-68(71)74-65-66(64-73-67(70)61-58-55-52-49-18-15-12-9-6-3)75-69(72)63-60-57-54-51-48-46-44-41-26-24-22-20-17-14-11-8-5-2/h8,11,17,20,24,26,44,46,66H,4-7,9-10,12-16,18-19,21-23,25,27-43,45,47-65H2,1-3H3/b11-8-,20-17-,26-24-,46-44-. The highest BCUT2D eigenvalue weighted by atomic mass is 16.6. The molecule has 6 nitrogen and oxygen atoms in total. The fourth-order valence-corrected chi connectivity index (χ4v) is 9.91. The molecule has 0 heterocycles. The third kappa shape index (κ3) is 62.1. The van der Waals surface area contributed by atoms with Gasteiger partial charge in [-0.05, 0) is 57.8 Å². The minimum absolute atomic E-state index is 0.0790. The zero-order valence-corrected chi connectivity index (χ0v) is 50.3. The van der Waals surface area contributed by atoms with Crippen molar-refractivity contribution in [2.45, 2.75) is 361 Å². The van der Waals surface area contributed by atoms with Gasteiger partial charge < -0.3 is 14.2 Å². The number of esters is 3. The minimum Gasteiger partial charge on any atom is -0.462 e. The van der Waals surface area contributed by atoms with E-state index in [0.29, 0.717) is 19.3 Å². The Labute approximate surface area is 467 Å². The number of hydrogen-bond donors (Lipinski definition) is 0. The van der Waals surface area contributed by atoms with E-state index >= 15 is 0 Å². The van der Waals surface area contributed by atoms with Crippen molar-refractivity contribution in [2.75, 3.05) is 13.2 Å². The minimum atomic E-state index is -0.782. The van der Waals surface area contributed by atoms with Crippen molar-refractivity contribution in [3.05, 3.63) is 48.6 Å². The SMILES string of the molecule is CC/C=C\C/C=C\C/C=C\C/C=C\CCCCCCC(=O)OC(COC(=O)CCCCCCCCCCC)COC(=O)CCCCCCCCCCCCCCCCCCCCCCCCCCCCCCCCC.